The Morgan fingerprint density at radius 3 is 2.53 bits per heavy atom. The van der Waals surface area contributed by atoms with Gasteiger partial charge >= 0.3 is 0 Å². The van der Waals surface area contributed by atoms with Crippen molar-refractivity contribution in [1.82, 2.24) is 5.32 Å². The molecule has 0 bridgehead atoms. The van der Waals surface area contributed by atoms with Crippen LogP contribution in [0.4, 0.5) is 0 Å². The van der Waals surface area contributed by atoms with Gasteiger partial charge in [-0.15, -0.1) is 0 Å². The third-order valence-electron chi connectivity index (χ3n) is 3.32. The van der Waals surface area contributed by atoms with Gasteiger partial charge in [0.2, 0.25) is 0 Å². The van der Waals surface area contributed by atoms with Crippen molar-refractivity contribution >= 4 is 0 Å². The van der Waals surface area contributed by atoms with Gasteiger partial charge in [-0.25, -0.2) is 0 Å². The Bertz CT molecular complexity index is 316. The summed E-state index contributed by atoms with van der Waals surface area (Å²) in [4.78, 5) is 0. The van der Waals surface area contributed by atoms with Crippen molar-refractivity contribution in [3.8, 4) is 0 Å². The fourth-order valence-corrected chi connectivity index (χ4v) is 2.27. The first-order valence-electron chi connectivity index (χ1n) is 7.22. The molecular formula is C16H27NO2. The van der Waals surface area contributed by atoms with E-state index in [1.807, 2.05) is 6.07 Å². The van der Waals surface area contributed by atoms with E-state index in [4.69, 9.17) is 4.74 Å². The number of nitrogens with one attached hydrogen (secondary N) is 1. The minimum absolute atomic E-state index is 0.00293. The Morgan fingerprint density at radius 2 is 1.95 bits per heavy atom. The van der Waals surface area contributed by atoms with Crippen molar-refractivity contribution < 1.29 is 9.84 Å². The number of benzene rings is 1. The van der Waals surface area contributed by atoms with Crippen molar-refractivity contribution in [3.05, 3.63) is 35.9 Å². The molecule has 2 N–H and O–H groups in total. The van der Waals surface area contributed by atoms with E-state index >= 15 is 0 Å². The van der Waals surface area contributed by atoms with Crippen LogP contribution in [0.1, 0.15) is 44.2 Å². The molecule has 3 heteroatoms. The van der Waals surface area contributed by atoms with Gasteiger partial charge in [-0.2, -0.15) is 0 Å². The molecule has 0 fully saturated rings. The summed E-state index contributed by atoms with van der Waals surface area (Å²) >= 11 is 0. The van der Waals surface area contributed by atoms with Gasteiger partial charge < -0.3 is 15.2 Å². The summed E-state index contributed by atoms with van der Waals surface area (Å²) in [5.74, 6) is 0. The van der Waals surface area contributed by atoms with Crippen molar-refractivity contribution in [2.45, 2.75) is 44.7 Å². The lowest BCUT2D eigenvalue weighted by Gasteiger charge is -2.24. The number of rotatable bonds is 10. The van der Waals surface area contributed by atoms with Gasteiger partial charge in [0.1, 0.15) is 0 Å². The summed E-state index contributed by atoms with van der Waals surface area (Å²) in [6, 6.07) is 10.7. The van der Waals surface area contributed by atoms with Crippen LogP contribution < -0.4 is 5.32 Å². The lowest BCUT2D eigenvalue weighted by molar-refractivity contribution is 0.121. The largest absolute Gasteiger partial charge is 0.395 e. The number of hydrogen-bond donors (Lipinski definition) is 2. The summed E-state index contributed by atoms with van der Waals surface area (Å²) in [6.45, 7) is 2.85. The van der Waals surface area contributed by atoms with Gasteiger partial charge in [-0.05, 0) is 12.0 Å². The maximum Gasteiger partial charge on any atom is 0.0638 e. The number of aliphatic hydroxyl groups excluding tert-OH is 1. The van der Waals surface area contributed by atoms with Crippen LogP contribution in [0.25, 0.3) is 0 Å². The second-order valence-electron chi connectivity index (χ2n) is 4.96. The monoisotopic (exact) mass is 265 g/mol. The molecule has 3 nitrogen and oxygen atoms in total. The van der Waals surface area contributed by atoms with E-state index in [2.05, 4.69) is 36.5 Å². The van der Waals surface area contributed by atoms with Crippen LogP contribution in [0.15, 0.2) is 30.3 Å². The summed E-state index contributed by atoms with van der Waals surface area (Å²) in [7, 11) is 1.67. The molecule has 0 spiro atoms. The summed E-state index contributed by atoms with van der Waals surface area (Å²) in [5, 5.41) is 12.9. The lowest BCUT2D eigenvalue weighted by Crippen LogP contribution is -2.39. The van der Waals surface area contributed by atoms with Crippen molar-refractivity contribution in [3.63, 3.8) is 0 Å². The highest BCUT2D eigenvalue weighted by Crippen LogP contribution is 2.20. The molecule has 1 aromatic carbocycles. The molecule has 0 saturated heterocycles. The highest BCUT2D eigenvalue weighted by Gasteiger charge is 2.16. The number of hydrogen-bond acceptors (Lipinski definition) is 3. The fraction of sp³-hybridized carbons (Fsp3) is 0.625. The van der Waals surface area contributed by atoms with E-state index in [1.165, 1.54) is 24.8 Å². The smallest absolute Gasteiger partial charge is 0.0638 e. The number of aliphatic hydroxyl groups is 1. The van der Waals surface area contributed by atoms with Crippen LogP contribution >= 0.6 is 0 Å². The second kappa shape index (κ2) is 9.96. The van der Waals surface area contributed by atoms with Crippen molar-refractivity contribution in [2.75, 3.05) is 20.3 Å². The van der Waals surface area contributed by atoms with Gasteiger partial charge in [0.25, 0.3) is 0 Å². The van der Waals surface area contributed by atoms with Gasteiger partial charge in [0.05, 0.1) is 19.3 Å². The van der Waals surface area contributed by atoms with Crippen molar-refractivity contribution in [1.29, 1.82) is 0 Å². The Labute approximate surface area is 117 Å². The van der Waals surface area contributed by atoms with E-state index in [0.717, 1.165) is 6.42 Å². The minimum atomic E-state index is -0.00293. The molecule has 0 aliphatic carbocycles. The zero-order valence-corrected chi connectivity index (χ0v) is 12.1. The van der Waals surface area contributed by atoms with Crippen LogP contribution in [0.3, 0.4) is 0 Å². The van der Waals surface area contributed by atoms with Crippen LogP contribution in [-0.2, 0) is 4.74 Å². The minimum Gasteiger partial charge on any atom is -0.395 e. The predicted molar refractivity (Wildman–Crippen MR) is 79.2 cm³/mol. The molecule has 0 aromatic heterocycles. The van der Waals surface area contributed by atoms with E-state index < -0.39 is 0 Å². The maximum absolute atomic E-state index is 9.38. The number of unbranched alkanes of at least 4 members (excludes halogenated alkanes) is 2. The molecule has 19 heavy (non-hydrogen) atoms. The van der Waals surface area contributed by atoms with Gasteiger partial charge in [-0.3, -0.25) is 0 Å². The molecule has 108 valence electrons. The van der Waals surface area contributed by atoms with Gasteiger partial charge in [-0.1, -0.05) is 56.5 Å². The van der Waals surface area contributed by atoms with E-state index in [-0.39, 0.29) is 12.6 Å². The molecular weight excluding hydrogens is 238 g/mol. The zero-order valence-electron chi connectivity index (χ0n) is 12.1. The summed E-state index contributed by atoms with van der Waals surface area (Å²) < 4.78 is 5.13. The molecule has 0 radical (unpaired) electrons. The second-order valence-corrected chi connectivity index (χ2v) is 4.96. The summed E-state index contributed by atoms with van der Waals surface area (Å²) in [6.07, 6.45) is 4.77. The topological polar surface area (TPSA) is 41.5 Å². The van der Waals surface area contributed by atoms with Crippen molar-refractivity contribution in [2.24, 2.45) is 0 Å². The third-order valence-corrected chi connectivity index (χ3v) is 3.32. The first-order chi connectivity index (χ1) is 9.31. The Hall–Kier alpha value is -0.900. The molecule has 0 aliphatic heterocycles. The van der Waals surface area contributed by atoms with Crippen LogP contribution in [-0.4, -0.2) is 31.5 Å². The average molecular weight is 265 g/mol. The fourth-order valence-electron chi connectivity index (χ4n) is 2.27. The number of methoxy groups -OCH3 is 1. The molecule has 2 atom stereocenters. The normalized spacial score (nSPS) is 14.3. The SMILES string of the molecule is CCCCCC(NC(CO)COC)c1ccccc1. The molecule has 1 aromatic rings. The Kier molecular flexibility index (Phi) is 8.47. The zero-order chi connectivity index (χ0) is 13.9. The van der Waals surface area contributed by atoms with Gasteiger partial charge in [0, 0.05) is 13.2 Å². The molecule has 0 amide bonds. The molecule has 1 rings (SSSR count). The highest BCUT2D eigenvalue weighted by atomic mass is 16.5. The van der Waals surface area contributed by atoms with Crippen LogP contribution in [0, 0.1) is 0 Å². The van der Waals surface area contributed by atoms with E-state index in [0.29, 0.717) is 12.6 Å². The van der Waals surface area contributed by atoms with E-state index in [1.54, 1.807) is 7.11 Å². The Morgan fingerprint density at radius 1 is 1.21 bits per heavy atom. The number of ether oxygens (including phenoxy) is 1. The van der Waals surface area contributed by atoms with Crippen LogP contribution in [0.5, 0.6) is 0 Å². The first kappa shape index (κ1) is 16.2. The predicted octanol–water partition coefficient (Wildman–Crippen LogP) is 2.90. The van der Waals surface area contributed by atoms with Crippen LogP contribution in [0.2, 0.25) is 0 Å². The first-order valence-corrected chi connectivity index (χ1v) is 7.22. The standard InChI is InChI=1S/C16H27NO2/c1-3-4-6-11-16(14-9-7-5-8-10-14)17-15(12-18)13-19-2/h5,7-10,15-18H,3-4,6,11-13H2,1-2H3. The quantitative estimate of drug-likeness (QED) is 0.639. The average Bonchev–Trinajstić information content (AvgIpc) is 2.46. The highest BCUT2D eigenvalue weighted by molar-refractivity contribution is 5.19. The summed E-state index contributed by atoms with van der Waals surface area (Å²) in [5.41, 5.74) is 1.29. The Balaban J connectivity index is 2.63. The lowest BCUT2D eigenvalue weighted by atomic mass is 9.99. The molecule has 0 saturated carbocycles. The third kappa shape index (κ3) is 6.19. The molecule has 0 aliphatic rings. The van der Waals surface area contributed by atoms with Gasteiger partial charge in [0.15, 0.2) is 0 Å². The van der Waals surface area contributed by atoms with E-state index in [9.17, 15) is 5.11 Å². The maximum atomic E-state index is 9.38. The molecule has 0 heterocycles. The molecule has 2 unspecified atom stereocenters.